The minimum Gasteiger partial charge on any atom is -0.371 e. The number of anilines is 2. The number of likely N-dealkylation sites (N-methyl/N-ethyl adjacent to an activating group) is 1. The van der Waals surface area contributed by atoms with Crippen LogP contribution in [-0.4, -0.2) is 32.7 Å². The Kier molecular flexibility index (Phi) is 4.48. The largest absolute Gasteiger partial charge is 0.371 e. The fourth-order valence-corrected chi connectivity index (χ4v) is 2.60. The zero-order valence-electron chi connectivity index (χ0n) is 11.6. The molecule has 0 saturated carbocycles. The van der Waals surface area contributed by atoms with E-state index in [1.54, 1.807) is 0 Å². The van der Waals surface area contributed by atoms with Crippen molar-refractivity contribution in [3.63, 3.8) is 0 Å². The summed E-state index contributed by atoms with van der Waals surface area (Å²) in [5.74, 6) is 0. The summed E-state index contributed by atoms with van der Waals surface area (Å²) in [6.45, 7) is 5.35. The molecule has 100 valence electrons. The maximum Gasteiger partial charge on any atom is 0.0605 e. The summed E-state index contributed by atoms with van der Waals surface area (Å²) in [5.41, 5.74) is 8.88. The number of fused-ring (bicyclic) bond motifs is 1. The molecular formula is C15H25N3. The van der Waals surface area contributed by atoms with Gasteiger partial charge in [0.25, 0.3) is 0 Å². The van der Waals surface area contributed by atoms with Gasteiger partial charge in [0.15, 0.2) is 0 Å². The quantitative estimate of drug-likeness (QED) is 0.867. The van der Waals surface area contributed by atoms with E-state index < -0.39 is 0 Å². The van der Waals surface area contributed by atoms with Crippen LogP contribution in [0.4, 0.5) is 11.4 Å². The van der Waals surface area contributed by atoms with Gasteiger partial charge in [-0.15, -0.1) is 0 Å². The highest BCUT2D eigenvalue weighted by molar-refractivity contribution is 5.73. The average Bonchev–Trinajstić information content (AvgIpc) is 2.40. The minimum absolute atomic E-state index is 0.293. The predicted molar refractivity (Wildman–Crippen MR) is 79.4 cm³/mol. The third-order valence-electron chi connectivity index (χ3n) is 3.72. The molecule has 1 atom stereocenters. The zero-order chi connectivity index (χ0) is 13.0. The van der Waals surface area contributed by atoms with E-state index in [1.807, 2.05) is 0 Å². The third-order valence-corrected chi connectivity index (χ3v) is 3.72. The van der Waals surface area contributed by atoms with Crippen molar-refractivity contribution in [3.05, 3.63) is 24.3 Å². The predicted octanol–water partition coefficient (Wildman–Crippen LogP) is 2.46. The number of hydrogen-bond donors (Lipinski definition) is 1. The van der Waals surface area contributed by atoms with Crippen LogP contribution in [-0.2, 0) is 0 Å². The summed E-state index contributed by atoms with van der Waals surface area (Å²) in [6.07, 6.45) is 3.59. The van der Waals surface area contributed by atoms with Crippen LogP contribution in [0.2, 0.25) is 0 Å². The molecule has 0 aromatic heterocycles. The summed E-state index contributed by atoms with van der Waals surface area (Å²) >= 11 is 0. The molecule has 0 bridgehead atoms. The fourth-order valence-electron chi connectivity index (χ4n) is 2.60. The monoisotopic (exact) mass is 247 g/mol. The van der Waals surface area contributed by atoms with Gasteiger partial charge in [-0.25, -0.2) is 0 Å². The lowest BCUT2D eigenvalue weighted by Crippen LogP contribution is -2.44. The number of hydrogen-bond acceptors (Lipinski definition) is 3. The zero-order valence-corrected chi connectivity index (χ0v) is 11.6. The van der Waals surface area contributed by atoms with Crippen LogP contribution in [0.5, 0.6) is 0 Å². The van der Waals surface area contributed by atoms with Gasteiger partial charge in [0.05, 0.1) is 11.4 Å². The van der Waals surface area contributed by atoms with Crippen LogP contribution in [0.25, 0.3) is 0 Å². The van der Waals surface area contributed by atoms with Gasteiger partial charge in [-0.2, -0.15) is 0 Å². The van der Waals surface area contributed by atoms with Crippen LogP contribution in [0.1, 0.15) is 26.2 Å². The first-order valence-corrected chi connectivity index (χ1v) is 7.03. The van der Waals surface area contributed by atoms with E-state index in [9.17, 15) is 0 Å². The topological polar surface area (TPSA) is 32.5 Å². The molecule has 2 N–H and O–H groups in total. The lowest BCUT2D eigenvalue weighted by atomic mass is 10.1. The lowest BCUT2D eigenvalue weighted by Gasteiger charge is -2.38. The Bertz CT molecular complexity index is 378. The summed E-state index contributed by atoms with van der Waals surface area (Å²) in [5, 5.41) is 0. The number of rotatable bonds is 5. The van der Waals surface area contributed by atoms with Gasteiger partial charge in [0, 0.05) is 32.7 Å². The van der Waals surface area contributed by atoms with E-state index in [2.05, 4.69) is 48.0 Å². The van der Waals surface area contributed by atoms with Crippen molar-refractivity contribution in [1.82, 2.24) is 0 Å². The first-order valence-electron chi connectivity index (χ1n) is 7.03. The minimum atomic E-state index is 0.293. The van der Waals surface area contributed by atoms with Crippen LogP contribution < -0.4 is 15.5 Å². The molecule has 0 aliphatic carbocycles. The maximum absolute atomic E-state index is 6.23. The first kappa shape index (κ1) is 13.2. The van der Waals surface area contributed by atoms with Crippen molar-refractivity contribution >= 4 is 11.4 Å². The van der Waals surface area contributed by atoms with Crippen molar-refractivity contribution < 1.29 is 0 Å². The van der Waals surface area contributed by atoms with E-state index in [0.29, 0.717) is 6.04 Å². The molecule has 0 fully saturated rings. The Balaban J connectivity index is 2.04. The molecule has 1 unspecified atom stereocenters. The van der Waals surface area contributed by atoms with Crippen molar-refractivity contribution in [3.8, 4) is 0 Å². The molecule has 2 rings (SSSR count). The van der Waals surface area contributed by atoms with Crippen molar-refractivity contribution in [2.24, 2.45) is 5.73 Å². The highest BCUT2D eigenvalue weighted by Crippen LogP contribution is 2.31. The number of para-hydroxylation sites is 2. The van der Waals surface area contributed by atoms with Crippen LogP contribution in [0.15, 0.2) is 24.3 Å². The fraction of sp³-hybridized carbons (Fsp3) is 0.600. The van der Waals surface area contributed by atoms with Crippen molar-refractivity contribution in [2.45, 2.75) is 32.2 Å². The van der Waals surface area contributed by atoms with Gasteiger partial charge in [0.2, 0.25) is 0 Å². The van der Waals surface area contributed by atoms with Gasteiger partial charge < -0.3 is 15.5 Å². The Morgan fingerprint density at radius 1 is 1.22 bits per heavy atom. The SMILES string of the molecule is CCCCC(N)CN1CCN(C)c2ccccc21. The van der Waals surface area contributed by atoms with Gasteiger partial charge in [-0.3, -0.25) is 0 Å². The van der Waals surface area contributed by atoms with Crippen LogP contribution in [0.3, 0.4) is 0 Å². The molecule has 0 amide bonds. The third kappa shape index (κ3) is 2.96. The van der Waals surface area contributed by atoms with E-state index in [0.717, 1.165) is 26.1 Å². The second-order valence-corrected chi connectivity index (χ2v) is 5.26. The van der Waals surface area contributed by atoms with E-state index in [1.165, 1.54) is 24.2 Å². The van der Waals surface area contributed by atoms with Crippen molar-refractivity contribution in [2.75, 3.05) is 36.5 Å². The molecule has 18 heavy (non-hydrogen) atoms. The normalized spacial score (nSPS) is 16.6. The second-order valence-electron chi connectivity index (χ2n) is 5.26. The molecule has 1 aliphatic heterocycles. The molecule has 3 heteroatoms. The standard InChI is InChI=1S/C15H25N3/c1-3-4-7-13(16)12-18-11-10-17(2)14-8-5-6-9-15(14)18/h5-6,8-9,13H,3-4,7,10-12,16H2,1-2H3. The maximum atomic E-state index is 6.23. The van der Waals surface area contributed by atoms with Crippen molar-refractivity contribution in [1.29, 1.82) is 0 Å². The van der Waals surface area contributed by atoms with E-state index in [-0.39, 0.29) is 0 Å². The molecule has 1 aromatic rings. The molecule has 1 aromatic carbocycles. The van der Waals surface area contributed by atoms with Gasteiger partial charge in [0.1, 0.15) is 0 Å². The van der Waals surface area contributed by atoms with Gasteiger partial charge in [-0.05, 0) is 18.6 Å². The molecule has 1 aliphatic rings. The molecule has 0 spiro atoms. The highest BCUT2D eigenvalue weighted by Gasteiger charge is 2.20. The number of benzene rings is 1. The second kappa shape index (κ2) is 6.10. The van der Waals surface area contributed by atoms with Gasteiger partial charge >= 0.3 is 0 Å². The van der Waals surface area contributed by atoms with Crippen LogP contribution in [0, 0.1) is 0 Å². The molecule has 0 saturated heterocycles. The summed E-state index contributed by atoms with van der Waals surface area (Å²) in [4.78, 5) is 4.76. The molecule has 3 nitrogen and oxygen atoms in total. The molecule has 0 radical (unpaired) electrons. The number of unbranched alkanes of at least 4 members (excludes halogenated alkanes) is 1. The Morgan fingerprint density at radius 2 is 1.94 bits per heavy atom. The number of nitrogens with zero attached hydrogens (tertiary/aromatic N) is 2. The Labute approximate surface area is 111 Å². The lowest BCUT2D eigenvalue weighted by molar-refractivity contribution is 0.556. The summed E-state index contributed by atoms with van der Waals surface area (Å²) in [6, 6.07) is 8.91. The summed E-state index contributed by atoms with van der Waals surface area (Å²) in [7, 11) is 2.16. The highest BCUT2D eigenvalue weighted by atomic mass is 15.3. The Hall–Kier alpha value is -1.22. The molecular weight excluding hydrogens is 222 g/mol. The Morgan fingerprint density at radius 3 is 2.67 bits per heavy atom. The van der Waals surface area contributed by atoms with E-state index in [4.69, 9.17) is 5.73 Å². The first-order chi connectivity index (χ1) is 8.72. The average molecular weight is 247 g/mol. The number of nitrogens with two attached hydrogens (primary N) is 1. The smallest absolute Gasteiger partial charge is 0.0605 e. The van der Waals surface area contributed by atoms with Gasteiger partial charge in [-0.1, -0.05) is 31.9 Å². The summed E-state index contributed by atoms with van der Waals surface area (Å²) < 4.78 is 0. The van der Waals surface area contributed by atoms with E-state index >= 15 is 0 Å². The molecule has 1 heterocycles. The van der Waals surface area contributed by atoms with Crippen LogP contribution >= 0.6 is 0 Å².